The molecule has 4 heteroatoms. The third kappa shape index (κ3) is 1.83. The number of hydrogen-bond acceptors (Lipinski definition) is 1. The first-order chi connectivity index (χ1) is 6.07. The van der Waals surface area contributed by atoms with Gasteiger partial charge in [-0.1, -0.05) is 6.92 Å². The summed E-state index contributed by atoms with van der Waals surface area (Å²) in [5.41, 5.74) is 4.96. The molecule has 1 nitrogen and oxygen atoms in total. The average Bonchev–Trinajstić information content (AvgIpc) is 2.12. The lowest BCUT2D eigenvalue weighted by Gasteiger charge is -2.11. The van der Waals surface area contributed by atoms with E-state index in [1.54, 1.807) is 6.92 Å². The van der Waals surface area contributed by atoms with Crippen LogP contribution in [0.1, 0.15) is 18.4 Å². The zero-order valence-electron chi connectivity index (χ0n) is 7.15. The monoisotopic (exact) mass is 189 g/mol. The van der Waals surface area contributed by atoms with Gasteiger partial charge in [-0.3, -0.25) is 0 Å². The summed E-state index contributed by atoms with van der Waals surface area (Å²) in [5.74, 6) is -3.46. The highest BCUT2D eigenvalue weighted by molar-refractivity contribution is 5.24. The molecule has 0 saturated heterocycles. The van der Waals surface area contributed by atoms with E-state index in [9.17, 15) is 13.2 Å². The van der Waals surface area contributed by atoms with Crippen molar-refractivity contribution < 1.29 is 13.2 Å². The second-order valence-electron chi connectivity index (χ2n) is 2.89. The largest absolute Gasteiger partial charge is 0.330 e. The van der Waals surface area contributed by atoms with Crippen molar-refractivity contribution in [2.24, 2.45) is 5.73 Å². The first kappa shape index (κ1) is 10.1. The van der Waals surface area contributed by atoms with Crippen LogP contribution in [0.15, 0.2) is 12.1 Å². The fourth-order valence-electron chi connectivity index (χ4n) is 1.11. The summed E-state index contributed by atoms with van der Waals surface area (Å²) in [5, 5.41) is 0. The molecular formula is C9H10F3N. The molecule has 1 unspecified atom stereocenters. The van der Waals surface area contributed by atoms with Crippen LogP contribution in [0.5, 0.6) is 0 Å². The zero-order chi connectivity index (χ0) is 10.0. The Morgan fingerprint density at radius 3 is 2.31 bits per heavy atom. The van der Waals surface area contributed by atoms with Crippen molar-refractivity contribution in [3.8, 4) is 0 Å². The van der Waals surface area contributed by atoms with Crippen LogP contribution in [0.2, 0.25) is 0 Å². The van der Waals surface area contributed by atoms with E-state index >= 15 is 0 Å². The molecule has 0 amide bonds. The topological polar surface area (TPSA) is 26.0 Å². The zero-order valence-corrected chi connectivity index (χ0v) is 7.15. The van der Waals surface area contributed by atoms with Crippen molar-refractivity contribution in [1.82, 2.24) is 0 Å². The first-order valence-electron chi connectivity index (χ1n) is 3.91. The fourth-order valence-corrected chi connectivity index (χ4v) is 1.11. The summed E-state index contributed by atoms with van der Waals surface area (Å²) in [6.45, 7) is 1.62. The molecule has 1 aromatic rings. The second kappa shape index (κ2) is 3.79. The Balaban J connectivity index is 3.25. The summed E-state index contributed by atoms with van der Waals surface area (Å²) in [7, 11) is 0. The minimum atomic E-state index is -1.14. The fraction of sp³-hybridized carbons (Fsp3) is 0.333. The average molecular weight is 189 g/mol. The van der Waals surface area contributed by atoms with Crippen LogP contribution in [0, 0.1) is 17.5 Å². The van der Waals surface area contributed by atoms with E-state index < -0.39 is 23.4 Å². The third-order valence-electron chi connectivity index (χ3n) is 1.93. The molecule has 13 heavy (non-hydrogen) atoms. The lowest BCUT2D eigenvalue weighted by atomic mass is 10.00. The van der Waals surface area contributed by atoms with Gasteiger partial charge in [0.2, 0.25) is 0 Å². The predicted molar refractivity (Wildman–Crippen MR) is 43.8 cm³/mol. The van der Waals surface area contributed by atoms with Gasteiger partial charge in [0.05, 0.1) is 0 Å². The standard InChI is InChI=1S/C9H10F3N/c1-5(4-13)8-6(10)2-3-7(11)9(8)12/h2-3,5H,4,13H2,1H3. The van der Waals surface area contributed by atoms with Crippen molar-refractivity contribution in [3.05, 3.63) is 35.1 Å². The summed E-state index contributed by atoms with van der Waals surface area (Å²) in [6, 6.07) is 1.66. The van der Waals surface area contributed by atoms with Gasteiger partial charge >= 0.3 is 0 Å². The smallest absolute Gasteiger partial charge is 0.165 e. The van der Waals surface area contributed by atoms with Crippen LogP contribution in [0.4, 0.5) is 13.2 Å². The molecule has 0 heterocycles. The minimum Gasteiger partial charge on any atom is -0.330 e. The van der Waals surface area contributed by atoms with Gasteiger partial charge in [-0.15, -0.1) is 0 Å². The molecule has 0 spiro atoms. The maximum Gasteiger partial charge on any atom is 0.165 e. The molecule has 72 valence electrons. The van der Waals surface area contributed by atoms with Gasteiger partial charge in [0.15, 0.2) is 11.6 Å². The highest BCUT2D eigenvalue weighted by Crippen LogP contribution is 2.23. The Bertz CT molecular complexity index is 312. The number of benzene rings is 1. The molecular weight excluding hydrogens is 179 g/mol. The molecule has 0 aliphatic heterocycles. The number of hydrogen-bond donors (Lipinski definition) is 1. The van der Waals surface area contributed by atoms with E-state index in [4.69, 9.17) is 5.73 Å². The predicted octanol–water partition coefficient (Wildman–Crippen LogP) is 2.17. The van der Waals surface area contributed by atoms with Gasteiger partial charge in [0, 0.05) is 5.56 Å². The van der Waals surface area contributed by atoms with Crippen LogP contribution >= 0.6 is 0 Å². The van der Waals surface area contributed by atoms with Gasteiger partial charge in [0.25, 0.3) is 0 Å². The molecule has 1 atom stereocenters. The van der Waals surface area contributed by atoms with Crippen LogP contribution in [0.3, 0.4) is 0 Å². The lowest BCUT2D eigenvalue weighted by Crippen LogP contribution is -2.13. The Kier molecular flexibility index (Phi) is 2.93. The van der Waals surface area contributed by atoms with E-state index in [1.807, 2.05) is 0 Å². The van der Waals surface area contributed by atoms with Crippen LogP contribution in [-0.2, 0) is 0 Å². The van der Waals surface area contributed by atoms with E-state index in [2.05, 4.69) is 0 Å². The van der Waals surface area contributed by atoms with Crippen LogP contribution in [-0.4, -0.2) is 6.54 Å². The minimum absolute atomic E-state index is 0.0806. The highest BCUT2D eigenvalue weighted by Gasteiger charge is 2.18. The Labute approximate surface area is 74.4 Å². The summed E-state index contributed by atoms with van der Waals surface area (Å²) in [4.78, 5) is 0. The molecule has 0 saturated carbocycles. The Hall–Kier alpha value is -1.03. The molecule has 1 aromatic carbocycles. The third-order valence-corrected chi connectivity index (χ3v) is 1.93. The Morgan fingerprint density at radius 2 is 1.77 bits per heavy atom. The second-order valence-corrected chi connectivity index (χ2v) is 2.89. The highest BCUT2D eigenvalue weighted by atomic mass is 19.2. The molecule has 0 radical (unpaired) electrons. The Morgan fingerprint density at radius 1 is 1.23 bits per heavy atom. The lowest BCUT2D eigenvalue weighted by molar-refractivity contribution is 0.469. The summed E-state index contributed by atoms with van der Waals surface area (Å²) < 4.78 is 38.7. The van der Waals surface area contributed by atoms with Gasteiger partial charge in [-0.2, -0.15) is 0 Å². The van der Waals surface area contributed by atoms with Gasteiger partial charge in [-0.05, 0) is 24.6 Å². The number of halogens is 3. The normalized spacial score (nSPS) is 13.0. The van der Waals surface area contributed by atoms with Crippen LogP contribution in [0.25, 0.3) is 0 Å². The van der Waals surface area contributed by atoms with Crippen molar-refractivity contribution in [1.29, 1.82) is 0 Å². The van der Waals surface area contributed by atoms with E-state index in [-0.39, 0.29) is 12.1 Å². The summed E-state index contributed by atoms with van der Waals surface area (Å²) >= 11 is 0. The molecule has 0 aromatic heterocycles. The summed E-state index contributed by atoms with van der Waals surface area (Å²) in [6.07, 6.45) is 0. The SMILES string of the molecule is CC(CN)c1c(F)ccc(F)c1F. The maximum atomic E-state index is 13.0. The maximum absolute atomic E-state index is 13.0. The van der Waals surface area contributed by atoms with E-state index in [0.717, 1.165) is 12.1 Å². The number of rotatable bonds is 2. The quantitative estimate of drug-likeness (QED) is 0.709. The van der Waals surface area contributed by atoms with E-state index in [1.165, 1.54) is 0 Å². The van der Waals surface area contributed by atoms with Gasteiger partial charge in [-0.25, -0.2) is 13.2 Å². The number of nitrogens with two attached hydrogens (primary N) is 1. The van der Waals surface area contributed by atoms with Gasteiger partial charge < -0.3 is 5.73 Å². The van der Waals surface area contributed by atoms with Crippen LogP contribution < -0.4 is 5.73 Å². The molecule has 2 N–H and O–H groups in total. The molecule has 0 aliphatic carbocycles. The van der Waals surface area contributed by atoms with E-state index in [0.29, 0.717) is 0 Å². The molecule has 1 rings (SSSR count). The first-order valence-corrected chi connectivity index (χ1v) is 3.91. The van der Waals surface area contributed by atoms with Crippen molar-refractivity contribution in [3.63, 3.8) is 0 Å². The van der Waals surface area contributed by atoms with Crippen molar-refractivity contribution >= 4 is 0 Å². The molecule has 0 fully saturated rings. The van der Waals surface area contributed by atoms with Crippen molar-refractivity contribution in [2.75, 3.05) is 6.54 Å². The van der Waals surface area contributed by atoms with Crippen molar-refractivity contribution in [2.45, 2.75) is 12.8 Å². The van der Waals surface area contributed by atoms with Gasteiger partial charge in [0.1, 0.15) is 5.82 Å². The molecule has 0 bridgehead atoms. The molecule has 0 aliphatic rings.